The van der Waals surface area contributed by atoms with E-state index < -0.39 is 5.63 Å². The first-order valence-electron chi connectivity index (χ1n) is 5.68. The molecule has 1 heterocycles. The highest BCUT2D eigenvalue weighted by Gasteiger charge is 2.16. The summed E-state index contributed by atoms with van der Waals surface area (Å²) in [7, 11) is 0. The summed E-state index contributed by atoms with van der Waals surface area (Å²) in [4.78, 5) is 11.8. The molecule has 0 saturated heterocycles. The largest absolute Gasteiger partial charge is 0.507 e. The first-order chi connectivity index (χ1) is 9.18. The highest BCUT2D eigenvalue weighted by atomic mass is 35.5. The molecular weight excluding hydrogens is 264 g/mol. The van der Waals surface area contributed by atoms with E-state index in [0.29, 0.717) is 22.1 Å². The van der Waals surface area contributed by atoms with Crippen molar-refractivity contribution in [1.29, 1.82) is 0 Å². The zero-order valence-electron chi connectivity index (χ0n) is 9.76. The number of para-hydroxylation sites is 2. The van der Waals surface area contributed by atoms with Gasteiger partial charge in [0, 0.05) is 16.5 Å². The van der Waals surface area contributed by atoms with E-state index in [1.807, 2.05) is 6.07 Å². The van der Waals surface area contributed by atoms with Crippen molar-refractivity contribution in [1.82, 2.24) is 0 Å². The summed E-state index contributed by atoms with van der Waals surface area (Å²) in [5, 5.41) is 10.6. The van der Waals surface area contributed by atoms with Crippen LogP contribution in [0.15, 0.2) is 57.7 Å². The van der Waals surface area contributed by atoms with Gasteiger partial charge in [0.2, 0.25) is 0 Å². The van der Waals surface area contributed by atoms with Crippen molar-refractivity contribution < 1.29 is 9.52 Å². The van der Waals surface area contributed by atoms with Gasteiger partial charge in [-0.2, -0.15) is 0 Å². The van der Waals surface area contributed by atoms with Crippen molar-refractivity contribution in [3.05, 3.63) is 64.0 Å². The van der Waals surface area contributed by atoms with Gasteiger partial charge in [0.05, 0.1) is 0 Å². The third-order valence-corrected chi connectivity index (χ3v) is 3.27. The van der Waals surface area contributed by atoms with Gasteiger partial charge in [-0.25, -0.2) is 4.79 Å². The lowest BCUT2D eigenvalue weighted by Crippen LogP contribution is -2.01. The Morgan fingerprint density at radius 2 is 1.68 bits per heavy atom. The minimum Gasteiger partial charge on any atom is -0.507 e. The van der Waals surface area contributed by atoms with Crippen LogP contribution in [0.4, 0.5) is 0 Å². The number of fused-ring (bicyclic) bond motifs is 1. The highest BCUT2D eigenvalue weighted by molar-refractivity contribution is 6.34. The van der Waals surface area contributed by atoms with Crippen LogP contribution < -0.4 is 5.63 Å². The fourth-order valence-electron chi connectivity index (χ4n) is 2.08. The van der Waals surface area contributed by atoms with Crippen LogP contribution >= 0.6 is 11.6 Å². The molecule has 0 aliphatic rings. The Bertz CT molecular complexity index is 821. The summed E-state index contributed by atoms with van der Waals surface area (Å²) in [6.07, 6.45) is 0. The average molecular weight is 273 g/mol. The third kappa shape index (κ3) is 1.88. The number of benzene rings is 2. The summed E-state index contributed by atoms with van der Waals surface area (Å²) in [5.74, 6) is 0.0696. The van der Waals surface area contributed by atoms with Crippen molar-refractivity contribution in [3.63, 3.8) is 0 Å². The molecule has 0 aliphatic carbocycles. The van der Waals surface area contributed by atoms with E-state index in [4.69, 9.17) is 16.0 Å². The van der Waals surface area contributed by atoms with E-state index in [1.54, 1.807) is 42.5 Å². The quantitative estimate of drug-likeness (QED) is 0.685. The van der Waals surface area contributed by atoms with Gasteiger partial charge in [-0.15, -0.1) is 0 Å². The Labute approximate surface area is 113 Å². The SMILES string of the molecule is O=c1oc2ccccc2c(-c2ccccc2O)c1Cl. The van der Waals surface area contributed by atoms with Crippen LogP contribution in [0, 0.1) is 0 Å². The smallest absolute Gasteiger partial charge is 0.355 e. The molecular formula is C15H9ClO3. The number of aromatic hydroxyl groups is 1. The van der Waals surface area contributed by atoms with E-state index >= 15 is 0 Å². The second-order valence-corrected chi connectivity index (χ2v) is 4.47. The molecule has 3 nitrogen and oxygen atoms in total. The van der Waals surface area contributed by atoms with Crippen molar-refractivity contribution in [2.75, 3.05) is 0 Å². The van der Waals surface area contributed by atoms with Crippen LogP contribution in [0.25, 0.3) is 22.1 Å². The zero-order valence-corrected chi connectivity index (χ0v) is 10.5. The maximum atomic E-state index is 11.8. The Hall–Kier alpha value is -2.26. The van der Waals surface area contributed by atoms with Crippen molar-refractivity contribution >= 4 is 22.6 Å². The van der Waals surface area contributed by atoms with Gasteiger partial charge in [0.25, 0.3) is 0 Å². The normalized spacial score (nSPS) is 10.8. The Kier molecular flexibility index (Phi) is 2.76. The summed E-state index contributed by atoms with van der Waals surface area (Å²) >= 11 is 6.06. The fraction of sp³-hybridized carbons (Fsp3) is 0. The molecule has 0 aliphatic heterocycles. The number of hydrogen-bond donors (Lipinski definition) is 1. The molecule has 0 spiro atoms. The fourth-order valence-corrected chi connectivity index (χ4v) is 2.32. The molecule has 94 valence electrons. The second-order valence-electron chi connectivity index (χ2n) is 4.09. The molecule has 3 rings (SSSR count). The van der Waals surface area contributed by atoms with E-state index in [9.17, 15) is 9.90 Å². The molecule has 0 atom stereocenters. The predicted molar refractivity (Wildman–Crippen MR) is 74.6 cm³/mol. The molecule has 1 aromatic heterocycles. The second kappa shape index (κ2) is 4.44. The van der Waals surface area contributed by atoms with E-state index in [2.05, 4.69) is 0 Å². The van der Waals surface area contributed by atoms with E-state index in [-0.39, 0.29) is 10.8 Å². The zero-order chi connectivity index (χ0) is 13.4. The van der Waals surface area contributed by atoms with Gasteiger partial charge in [-0.3, -0.25) is 0 Å². The topological polar surface area (TPSA) is 50.4 Å². The van der Waals surface area contributed by atoms with Gasteiger partial charge < -0.3 is 9.52 Å². The molecule has 0 bridgehead atoms. The first-order valence-corrected chi connectivity index (χ1v) is 6.06. The molecule has 0 radical (unpaired) electrons. The van der Waals surface area contributed by atoms with Crippen molar-refractivity contribution in [3.8, 4) is 16.9 Å². The van der Waals surface area contributed by atoms with E-state index in [1.165, 1.54) is 0 Å². The minimum absolute atomic E-state index is 0.0276. The number of phenols is 1. The number of hydrogen-bond acceptors (Lipinski definition) is 3. The van der Waals surface area contributed by atoms with E-state index in [0.717, 1.165) is 0 Å². The third-order valence-electron chi connectivity index (χ3n) is 2.93. The standard InChI is InChI=1S/C15H9ClO3/c16-14-13(9-5-1-3-7-11(9)17)10-6-2-4-8-12(10)19-15(14)18/h1-8,17H. The van der Waals surface area contributed by atoms with Crippen LogP contribution in [0.3, 0.4) is 0 Å². The van der Waals surface area contributed by atoms with Crippen LogP contribution in [0.5, 0.6) is 5.75 Å². The van der Waals surface area contributed by atoms with Crippen molar-refractivity contribution in [2.24, 2.45) is 0 Å². The average Bonchev–Trinajstić information content (AvgIpc) is 2.42. The number of phenolic OH excluding ortho intramolecular Hbond substituents is 1. The summed E-state index contributed by atoms with van der Waals surface area (Å²) < 4.78 is 5.13. The molecule has 0 saturated carbocycles. The summed E-state index contributed by atoms with van der Waals surface area (Å²) in [5.41, 5.74) is 0.831. The van der Waals surface area contributed by atoms with Crippen LogP contribution in [-0.2, 0) is 0 Å². The highest BCUT2D eigenvalue weighted by Crippen LogP contribution is 2.37. The molecule has 4 heteroatoms. The molecule has 0 fully saturated rings. The summed E-state index contributed by atoms with van der Waals surface area (Å²) in [6.45, 7) is 0. The summed E-state index contributed by atoms with van der Waals surface area (Å²) in [6, 6.07) is 13.8. The van der Waals surface area contributed by atoms with Crippen LogP contribution in [0.1, 0.15) is 0 Å². The monoisotopic (exact) mass is 272 g/mol. The molecule has 0 unspecified atom stereocenters. The van der Waals surface area contributed by atoms with Gasteiger partial charge in [-0.1, -0.05) is 48.0 Å². The van der Waals surface area contributed by atoms with Gasteiger partial charge in [0.15, 0.2) is 0 Å². The first kappa shape index (κ1) is 11.8. The van der Waals surface area contributed by atoms with Gasteiger partial charge in [0.1, 0.15) is 16.4 Å². The molecule has 1 N–H and O–H groups in total. The van der Waals surface area contributed by atoms with Crippen LogP contribution in [-0.4, -0.2) is 5.11 Å². The Balaban J connectivity index is 2.50. The predicted octanol–water partition coefficient (Wildman–Crippen LogP) is 3.82. The van der Waals surface area contributed by atoms with Gasteiger partial charge >= 0.3 is 5.63 Å². The maximum absolute atomic E-state index is 11.8. The van der Waals surface area contributed by atoms with Crippen molar-refractivity contribution in [2.45, 2.75) is 0 Å². The molecule has 2 aromatic carbocycles. The lowest BCUT2D eigenvalue weighted by atomic mass is 10.0. The number of halogens is 1. The minimum atomic E-state index is -0.612. The lowest BCUT2D eigenvalue weighted by molar-refractivity contribution is 0.477. The number of rotatable bonds is 1. The lowest BCUT2D eigenvalue weighted by Gasteiger charge is -2.09. The Morgan fingerprint density at radius 3 is 2.47 bits per heavy atom. The maximum Gasteiger partial charge on any atom is 0.355 e. The van der Waals surface area contributed by atoms with Gasteiger partial charge in [-0.05, 0) is 12.1 Å². The Morgan fingerprint density at radius 1 is 1.00 bits per heavy atom. The molecule has 3 aromatic rings. The molecule has 0 amide bonds. The van der Waals surface area contributed by atoms with Crippen LogP contribution in [0.2, 0.25) is 5.02 Å². The molecule has 19 heavy (non-hydrogen) atoms.